The third-order valence-corrected chi connectivity index (χ3v) is 4.88. The number of rotatable bonds is 5. The lowest BCUT2D eigenvalue weighted by Gasteiger charge is -2.10. The molecular formula is C23H20N4O3. The van der Waals surface area contributed by atoms with Crippen molar-refractivity contribution in [3.63, 3.8) is 0 Å². The molecule has 2 aromatic carbocycles. The molecule has 30 heavy (non-hydrogen) atoms. The summed E-state index contributed by atoms with van der Waals surface area (Å²) in [5.41, 5.74) is 4.53. The Labute approximate surface area is 172 Å². The largest absolute Gasteiger partial charge is 0.497 e. The predicted octanol–water partition coefficient (Wildman–Crippen LogP) is 3.10. The van der Waals surface area contributed by atoms with Crippen molar-refractivity contribution < 1.29 is 4.74 Å². The van der Waals surface area contributed by atoms with Gasteiger partial charge in [0.05, 0.1) is 18.4 Å². The summed E-state index contributed by atoms with van der Waals surface area (Å²) in [6.45, 7) is 1.87. The first-order valence-electron chi connectivity index (χ1n) is 9.42. The smallest absolute Gasteiger partial charge is 0.325 e. The van der Waals surface area contributed by atoms with E-state index in [1.165, 1.54) is 11.8 Å². The maximum Gasteiger partial charge on any atom is 0.325 e. The number of hydrogen-bond acceptors (Lipinski definition) is 5. The number of ether oxygens (including phenoxy) is 1. The topological polar surface area (TPSA) is 101 Å². The van der Waals surface area contributed by atoms with Crippen molar-refractivity contribution >= 4 is 0 Å². The predicted molar refractivity (Wildman–Crippen MR) is 115 cm³/mol. The van der Waals surface area contributed by atoms with E-state index >= 15 is 0 Å². The Hall–Kier alpha value is -4.00. The summed E-state index contributed by atoms with van der Waals surface area (Å²) in [4.78, 5) is 28.1. The zero-order valence-electron chi connectivity index (χ0n) is 16.6. The van der Waals surface area contributed by atoms with Gasteiger partial charge in [-0.2, -0.15) is 5.10 Å². The van der Waals surface area contributed by atoms with E-state index in [-0.39, 0.29) is 5.56 Å². The highest BCUT2D eigenvalue weighted by Crippen LogP contribution is 2.26. The molecule has 0 unspecified atom stereocenters. The van der Waals surface area contributed by atoms with Crippen LogP contribution in [0.15, 0.2) is 70.4 Å². The maximum atomic E-state index is 12.1. The first-order valence-corrected chi connectivity index (χ1v) is 9.42. The summed E-state index contributed by atoms with van der Waals surface area (Å²) in [6, 6.07) is 18.0. The molecule has 4 aromatic rings. The SMILES string of the molecule is COc1ccc(Cc2cccc(-c3cc(-c4c[nH]c(=O)[nH]c4=O)nnc3C)c2)cc1. The van der Waals surface area contributed by atoms with Crippen LogP contribution in [0, 0.1) is 6.92 Å². The molecule has 7 heteroatoms. The van der Waals surface area contributed by atoms with Gasteiger partial charge in [-0.05, 0) is 48.2 Å². The van der Waals surface area contributed by atoms with Gasteiger partial charge in [0.1, 0.15) is 11.4 Å². The number of H-pyrrole nitrogens is 2. The Bertz CT molecular complexity index is 1310. The quantitative estimate of drug-likeness (QED) is 0.536. The molecule has 0 aliphatic heterocycles. The Morgan fingerprint density at radius 2 is 1.73 bits per heavy atom. The van der Waals surface area contributed by atoms with Crippen molar-refractivity contribution in [2.24, 2.45) is 0 Å². The van der Waals surface area contributed by atoms with Crippen molar-refractivity contribution in [1.82, 2.24) is 20.2 Å². The molecule has 0 aliphatic carbocycles. The normalized spacial score (nSPS) is 10.7. The second-order valence-corrected chi connectivity index (χ2v) is 6.94. The Kier molecular flexibility index (Phi) is 5.26. The zero-order valence-corrected chi connectivity index (χ0v) is 16.6. The van der Waals surface area contributed by atoms with E-state index in [1.54, 1.807) is 7.11 Å². The lowest BCUT2D eigenvalue weighted by molar-refractivity contribution is 0.414. The lowest BCUT2D eigenvalue weighted by Crippen LogP contribution is -2.22. The van der Waals surface area contributed by atoms with Crippen molar-refractivity contribution in [2.75, 3.05) is 7.11 Å². The van der Waals surface area contributed by atoms with Crippen LogP contribution >= 0.6 is 0 Å². The molecule has 0 spiro atoms. The number of benzene rings is 2. The number of methoxy groups -OCH3 is 1. The number of aromatic nitrogens is 4. The highest BCUT2D eigenvalue weighted by Gasteiger charge is 2.11. The highest BCUT2D eigenvalue weighted by atomic mass is 16.5. The summed E-state index contributed by atoms with van der Waals surface area (Å²) < 4.78 is 5.22. The van der Waals surface area contributed by atoms with E-state index in [0.717, 1.165) is 34.6 Å². The lowest BCUT2D eigenvalue weighted by atomic mass is 9.98. The minimum atomic E-state index is -0.560. The van der Waals surface area contributed by atoms with Crippen molar-refractivity contribution in [2.45, 2.75) is 13.3 Å². The van der Waals surface area contributed by atoms with Crippen LogP contribution in [0.1, 0.15) is 16.8 Å². The molecule has 2 aromatic heterocycles. The van der Waals surface area contributed by atoms with Gasteiger partial charge in [-0.3, -0.25) is 9.78 Å². The van der Waals surface area contributed by atoms with Crippen LogP contribution in [0.25, 0.3) is 22.4 Å². The minimum Gasteiger partial charge on any atom is -0.497 e. The number of aryl methyl sites for hydroxylation is 1. The van der Waals surface area contributed by atoms with Gasteiger partial charge in [-0.1, -0.05) is 36.4 Å². The van der Waals surface area contributed by atoms with Gasteiger partial charge < -0.3 is 9.72 Å². The van der Waals surface area contributed by atoms with Crippen LogP contribution in [0.3, 0.4) is 0 Å². The molecule has 0 atom stereocenters. The molecule has 0 bridgehead atoms. The first-order chi connectivity index (χ1) is 14.5. The molecule has 0 aliphatic rings. The van der Waals surface area contributed by atoms with Crippen LogP contribution in [0.5, 0.6) is 5.75 Å². The maximum absolute atomic E-state index is 12.1. The van der Waals surface area contributed by atoms with Gasteiger partial charge >= 0.3 is 5.69 Å². The van der Waals surface area contributed by atoms with E-state index in [0.29, 0.717) is 5.69 Å². The molecule has 2 heterocycles. The van der Waals surface area contributed by atoms with Crippen LogP contribution in [-0.4, -0.2) is 27.3 Å². The average Bonchev–Trinajstić information content (AvgIpc) is 2.75. The standard InChI is InChI=1S/C23H20N4O3/c1-14-19(12-21(27-26-14)20-13-24-23(29)25-22(20)28)17-5-3-4-16(11-17)10-15-6-8-18(30-2)9-7-15/h3-9,11-13H,10H2,1-2H3,(H2,24,25,28,29). The van der Waals surface area contributed by atoms with E-state index in [2.05, 4.69) is 32.3 Å². The first kappa shape index (κ1) is 19.3. The van der Waals surface area contributed by atoms with Gasteiger partial charge in [0.15, 0.2) is 0 Å². The molecule has 7 nitrogen and oxygen atoms in total. The fourth-order valence-electron chi connectivity index (χ4n) is 3.30. The van der Waals surface area contributed by atoms with E-state index in [1.807, 2.05) is 49.4 Å². The third-order valence-electron chi connectivity index (χ3n) is 4.88. The number of hydrogen-bond donors (Lipinski definition) is 2. The molecule has 0 fully saturated rings. The minimum absolute atomic E-state index is 0.262. The second-order valence-electron chi connectivity index (χ2n) is 6.94. The van der Waals surface area contributed by atoms with Crippen molar-refractivity contribution in [3.8, 4) is 28.1 Å². The Balaban J connectivity index is 1.69. The number of aromatic amines is 2. The molecule has 0 saturated carbocycles. The molecule has 0 radical (unpaired) electrons. The Morgan fingerprint density at radius 3 is 2.47 bits per heavy atom. The zero-order chi connectivity index (χ0) is 21.1. The van der Waals surface area contributed by atoms with E-state index < -0.39 is 11.2 Å². The molecule has 150 valence electrons. The third kappa shape index (κ3) is 4.05. The summed E-state index contributed by atoms with van der Waals surface area (Å²) in [5, 5.41) is 8.35. The van der Waals surface area contributed by atoms with Crippen molar-refractivity contribution in [3.05, 3.63) is 98.5 Å². The fourth-order valence-corrected chi connectivity index (χ4v) is 3.30. The van der Waals surface area contributed by atoms with Gasteiger partial charge in [-0.15, -0.1) is 5.10 Å². The van der Waals surface area contributed by atoms with Crippen LogP contribution < -0.4 is 16.0 Å². The molecule has 0 amide bonds. The monoisotopic (exact) mass is 400 g/mol. The fraction of sp³-hybridized carbons (Fsp3) is 0.130. The van der Waals surface area contributed by atoms with E-state index in [9.17, 15) is 9.59 Å². The Morgan fingerprint density at radius 1 is 0.933 bits per heavy atom. The molecule has 2 N–H and O–H groups in total. The summed E-state index contributed by atoms with van der Waals surface area (Å²) in [6.07, 6.45) is 2.13. The van der Waals surface area contributed by atoms with Gasteiger partial charge in [-0.25, -0.2) is 4.79 Å². The van der Waals surface area contributed by atoms with Crippen molar-refractivity contribution in [1.29, 1.82) is 0 Å². The summed E-state index contributed by atoms with van der Waals surface area (Å²) in [5.74, 6) is 0.829. The number of nitrogens with one attached hydrogen (secondary N) is 2. The number of nitrogens with zero attached hydrogens (tertiary/aromatic N) is 2. The summed E-state index contributed by atoms with van der Waals surface area (Å²) >= 11 is 0. The summed E-state index contributed by atoms with van der Waals surface area (Å²) in [7, 11) is 1.65. The van der Waals surface area contributed by atoms with Crippen LogP contribution in [0.2, 0.25) is 0 Å². The van der Waals surface area contributed by atoms with Crippen LogP contribution in [0.4, 0.5) is 0 Å². The highest BCUT2D eigenvalue weighted by molar-refractivity contribution is 5.71. The molecule has 0 saturated heterocycles. The van der Waals surface area contributed by atoms with Gasteiger partial charge in [0.25, 0.3) is 5.56 Å². The average molecular weight is 400 g/mol. The molecular weight excluding hydrogens is 380 g/mol. The van der Waals surface area contributed by atoms with E-state index in [4.69, 9.17) is 4.74 Å². The van der Waals surface area contributed by atoms with Gasteiger partial charge in [0.2, 0.25) is 0 Å². The van der Waals surface area contributed by atoms with Gasteiger partial charge in [0, 0.05) is 11.8 Å². The van der Waals surface area contributed by atoms with Crippen LogP contribution in [-0.2, 0) is 6.42 Å². The second kappa shape index (κ2) is 8.16. The molecule has 4 rings (SSSR count).